The van der Waals surface area contributed by atoms with Crippen LogP contribution in [0.2, 0.25) is 0 Å². The van der Waals surface area contributed by atoms with Crippen molar-refractivity contribution in [2.75, 3.05) is 48.5 Å². The minimum Gasteiger partial charge on any atom is -0.378 e. The second kappa shape index (κ2) is 7.81. The number of hydrogen-bond acceptors (Lipinski definition) is 8. The van der Waals surface area contributed by atoms with E-state index < -0.39 is 0 Å². The Labute approximate surface area is 119 Å². The fourth-order valence-electron chi connectivity index (χ4n) is 1.99. The van der Waals surface area contributed by atoms with E-state index >= 15 is 0 Å². The molecule has 1 aliphatic rings. The first-order valence-electron chi connectivity index (χ1n) is 7.12. The average Bonchev–Trinajstić information content (AvgIpc) is 2.52. The maximum absolute atomic E-state index is 5.42. The molecule has 2 heterocycles. The number of rotatable bonds is 7. The van der Waals surface area contributed by atoms with Crippen molar-refractivity contribution >= 4 is 17.8 Å². The quantitative estimate of drug-likeness (QED) is 0.379. The van der Waals surface area contributed by atoms with E-state index in [1.807, 2.05) is 0 Å². The van der Waals surface area contributed by atoms with Crippen LogP contribution in [-0.4, -0.2) is 47.8 Å². The molecule has 0 radical (unpaired) electrons. The van der Waals surface area contributed by atoms with Crippen LogP contribution in [0.5, 0.6) is 0 Å². The normalized spacial score (nSPS) is 15.2. The molecule has 0 aliphatic carbocycles. The number of ether oxygens (including phenoxy) is 1. The van der Waals surface area contributed by atoms with E-state index in [9.17, 15) is 0 Å². The third-order valence-electron chi connectivity index (χ3n) is 3.11. The highest BCUT2D eigenvalue weighted by atomic mass is 16.5. The molecule has 0 bridgehead atoms. The molecule has 112 valence electrons. The summed E-state index contributed by atoms with van der Waals surface area (Å²) in [5.41, 5.74) is 2.49. The van der Waals surface area contributed by atoms with Crippen LogP contribution in [0, 0.1) is 0 Å². The zero-order valence-corrected chi connectivity index (χ0v) is 11.9. The monoisotopic (exact) mass is 281 g/mol. The average molecular weight is 281 g/mol. The Morgan fingerprint density at radius 1 is 1.15 bits per heavy atom. The molecule has 0 aromatic carbocycles. The van der Waals surface area contributed by atoms with Gasteiger partial charge in [0.15, 0.2) is 0 Å². The van der Waals surface area contributed by atoms with Crippen LogP contribution < -0.4 is 21.5 Å². The van der Waals surface area contributed by atoms with Crippen molar-refractivity contribution in [3.63, 3.8) is 0 Å². The minimum atomic E-state index is 0.375. The molecule has 1 aromatic heterocycles. The Kier molecular flexibility index (Phi) is 5.75. The van der Waals surface area contributed by atoms with Crippen LogP contribution >= 0.6 is 0 Å². The number of nitrogens with two attached hydrogens (primary N) is 1. The molecule has 4 N–H and O–H groups in total. The van der Waals surface area contributed by atoms with Crippen LogP contribution in [0.1, 0.15) is 26.2 Å². The summed E-state index contributed by atoms with van der Waals surface area (Å²) in [6, 6.07) is 0. The van der Waals surface area contributed by atoms with Gasteiger partial charge < -0.3 is 15.0 Å². The summed E-state index contributed by atoms with van der Waals surface area (Å²) in [5, 5.41) is 3.22. The summed E-state index contributed by atoms with van der Waals surface area (Å²) >= 11 is 0. The summed E-state index contributed by atoms with van der Waals surface area (Å²) in [6.07, 6.45) is 3.48. The first-order chi connectivity index (χ1) is 9.83. The van der Waals surface area contributed by atoms with E-state index in [0.29, 0.717) is 31.1 Å². The van der Waals surface area contributed by atoms with Gasteiger partial charge in [-0.15, -0.1) is 0 Å². The second-order valence-corrected chi connectivity index (χ2v) is 4.66. The fourth-order valence-corrected chi connectivity index (χ4v) is 1.99. The van der Waals surface area contributed by atoms with Crippen LogP contribution in [-0.2, 0) is 4.74 Å². The maximum atomic E-state index is 5.42. The van der Waals surface area contributed by atoms with Crippen LogP contribution in [0.25, 0.3) is 0 Å². The molecule has 2 rings (SSSR count). The first kappa shape index (κ1) is 14.7. The van der Waals surface area contributed by atoms with Gasteiger partial charge in [0.2, 0.25) is 17.8 Å². The van der Waals surface area contributed by atoms with Crippen LogP contribution in [0.15, 0.2) is 0 Å². The third-order valence-corrected chi connectivity index (χ3v) is 3.11. The van der Waals surface area contributed by atoms with Crippen LogP contribution in [0.4, 0.5) is 17.8 Å². The molecule has 0 amide bonds. The van der Waals surface area contributed by atoms with Gasteiger partial charge in [-0.2, -0.15) is 15.0 Å². The SMILES string of the molecule is CCCCCNc1nc(NN)nc(N2CCOCC2)n1. The molecule has 1 saturated heterocycles. The van der Waals surface area contributed by atoms with Crippen molar-refractivity contribution in [1.82, 2.24) is 15.0 Å². The van der Waals surface area contributed by atoms with Gasteiger partial charge in [0, 0.05) is 19.6 Å². The van der Waals surface area contributed by atoms with Gasteiger partial charge in [-0.3, -0.25) is 5.43 Å². The number of unbranched alkanes of at least 4 members (excludes halogenated alkanes) is 2. The van der Waals surface area contributed by atoms with Crippen molar-refractivity contribution in [3.8, 4) is 0 Å². The Morgan fingerprint density at radius 3 is 2.60 bits per heavy atom. The zero-order chi connectivity index (χ0) is 14.2. The lowest BCUT2D eigenvalue weighted by atomic mass is 10.2. The van der Waals surface area contributed by atoms with E-state index in [0.717, 1.165) is 26.1 Å². The number of morpholine rings is 1. The number of nitrogen functional groups attached to an aromatic ring is 1. The standard InChI is InChI=1S/C12H23N7O/c1-2-3-4-5-14-10-15-11(18-13)17-12(16-10)19-6-8-20-9-7-19/h2-9,13H2,1H3,(H2,14,15,16,17,18). The van der Waals surface area contributed by atoms with E-state index in [1.165, 1.54) is 12.8 Å². The van der Waals surface area contributed by atoms with Crippen molar-refractivity contribution in [2.45, 2.75) is 26.2 Å². The Balaban J connectivity index is 2.03. The summed E-state index contributed by atoms with van der Waals surface area (Å²) < 4.78 is 5.33. The molecule has 8 heteroatoms. The lowest BCUT2D eigenvalue weighted by Crippen LogP contribution is -2.37. The van der Waals surface area contributed by atoms with Gasteiger partial charge >= 0.3 is 0 Å². The molecular weight excluding hydrogens is 258 g/mol. The summed E-state index contributed by atoms with van der Waals surface area (Å²) in [6.45, 7) is 5.97. The molecule has 0 atom stereocenters. The molecule has 1 fully saturated rings. The molecule has 0 unspecified atom stereocenters. The molecular formula is C12H23N7O. The van der Waals surface area contributed by atoms with Crippen molar-refractivity contribution in [2.24, 2.45) is 5.84 Å². The highest BCUT2D eigenvalue weighted by molar-refractivity contribution is 5.43. The molecule has 0 saturated carbocycles. The summed E-state index contributed by atoms with van der Waals surface area (Å²) in [5.74, 6) is 6.99. The van der Waals surface area contributed by atoms with Gasteiger partial charge in [-0.05, 0) is 6.42 Å². The van der Waals surface area contributed by atoms with E-state index in [-0.39, 0.29) is 0 Å². The molecule has 20 heavy (non-hydrogen) atoms. The molecule has 1 aromatic rings. The summed E-state index contributed by atoms with van der Waals surface area (Å²) in [4.78, 5) is 15.0. The van der Waals surface area contributed by atoms with E-state index in [1.54, 1.807) is 0 Å². The third kappa shape index (κ3) is 4.17. The lowest BCUT2D eigenvalue weighted by Gasteiger charge is -2.27. The first-order valence-corrected chi connectivity index (χ1v) is 7.12. The Morgan fingerprint density at radius 2 is 1.90 bits per heavy atom. The Hall–Kier alpha value is -1.67. The van der Waals surface area contributed by atoms with Gasteiger partial charge in [0.25, 0.3) is 0 Å². The summed E-state index contributed by atoms with van der Waals surface area (Å²) in [7, 11) is 0. The number of nitrogens with zero attached hydrogens (tertiary/aromatic N) is 4. The highest BCUT2D eigenvalue weighted by Gasteiger charge is 2.16. The number of hydrogen-bond donors (Lipinski definition) is 3. The van der Waals surface area contributed by atoms with Crippen molar-refractivity contribution in [3.05, 3.63) is 0 Å². The van der Waals surface area contributed by atoms with Gasteiger partial charge in [0.05, 0.1) is 13.2 Å². The van der Waals surface area contributed by atoms with Crippen molar-refractivity contribution < 1.29 is 4.74 Å². The number of anilines is 3. The van der Waals surface area contributed by atoms with Gasteiger partial charge in [0.1, 0.15) is 0 Å². The predicted octanol–water partition coefficient (Wildman–Crippen LogP) is 0.596. The largest absolute Gasteiger partial charge is 0.378 e. The minimum absolute atomic E-state index is 0.375. The van der Waals surface area contributed by atoms with E-state index in [4.69, 9.17) is 10.6 Å². The highest BCUT2D eigenvalue weighted by Crippen LogP contribution is 2.14. The topological polar surface area (TPSA) is 101 Å². The Bertz CT molecular complexity index is 409. The smallest absolute Gasteiger partial charge is 0.243 e. The maximum Gasteiger partial charge on any atom is 0.243 e. The number of aromatic nitrogens is 3. The van der Waals surface area contributed by atoms with E-state index in [2.05, 4.69) is 37.5 Å². The molecule has 1 aliphatic heterocycles. The van der Waals surface area contributed by atoms with Crippen molar-refractivity contribution in [1.29, 1.82) is 0 Å². The second-order valence-electron chi connectivity index (χ2n) is 4.66. The lowest BCUT2D eigenvalue weighted by molar-refractivity contribution is 0.122. The zero-order valence-electron chi connectivity index (χ0n) is 11.9. The molecule has 8 nitrogen and oxygen atoms in total. The molecule has 0 spiro atoms. The van der Waals surface area contributed by atoms with Gasteiger partial charge in [-0.1, -0.05) is 19.8 Å². The van der Waals surface area contributed by atoms with Gasteiger partial charge in [-0.25, -0.2) is 5.84 Å². The number of nitrogens with one attached hydrogen (secondary N) is 2. The predicted molar refractivity (Wildman–Crippen MR) is 78.7 cm³/mol. The van der Waals surface area contributed by atoms with Crippen LogP contribution in [0.3, 0.4) is 0 Å². The number of hydrazine groups is 1. The fraction of sp³-hybridized carbons (Fsp3) is 0.750.